The van der Waals surface area contributed by atoms with Crippen LogP contribution in [0.15, 0.2) is 16.6 Å². The lowest BCUT2D eigenvalue weighted by molar-refractivity contribution is 0.101. The van der Waals surface area contributed by atoms with Crippen molar-refractivity contribution in [1.29, 1.82) is 0 Å². The number of ketones is 1. The zero-order valence-corrected chi connectivity index (χ0v) is 10.1. The van der Waals surface area contributed by atoms with Crippen molar-refractivity contribution in [2.75, 3.05) is 6.61 Å². The molecule has 0 heterocycles. The molecule has 1 aromatic rings. The van der Waals surface area contributed by atoms with Gasteiger partial charge in [-0.2, -0.15) is 0 Å². The first-order valence-corrected chi connectivity index (χ1v) is 5.29. The third-order valence-electron chi connectivity index (χ3n) is 1.92. The predicted molar refractivity (Wildman–Crippen MR) is 60.1 cm³/mol. The van der Waals surface area contributed by atoms with Crippen LogP contribution in [-0.4, -0.2) is 12.4 Å². The molecular weight excluding hydrogens is 244 g/mol. The van der Waals surface area contributed by atoms with Gasteiger partial charge in [-0.05, 0) is 54.4 Å². The van der Waals surface area contributed by atoms with Gasteiger partial charge in [-0.15, -0.1) is 0 Å². The molecule has 0 radical (unpaired) electrons. The number of hydrogen-bond donors (Lipinski definition) is 0. The number of Topliss-reactive ketones (excluding diaryl/α,β-unsaturated/α-hetero) is 1. The fraction of sp³-hybridized carbons (Fsp3) is 0.364. The molecule has 0 saturated carbocycles. The number of benzene rings is 1. The van der Waals surface area contributed by atoms with Crippen molar-refractivity contribution in [3.8, 4) is 5.75 Å². The Hall–Kier alpha value is -0.830. The largest absolute Gasteiger partial charge is 0.494 e. The summed E-state index contributed by atoms with van der Waals surface area (Å²) in [4.78, 5) is 11.3. The minimum atomic E-state index is 0.0431. The molecule has 0 aliphatic carbocycles. The van der Waals surface area contributed by atoms with E-state index in [-0.39, 0.29) is 5.78 Å². The second-order valence-electron chi connectivity index (χ2n) is 3.09. The lowest BCUT2D eigenvalue weighted by atomic mass is 10.1. The third kappa shape index (κ3) is 2.35. The van der Waals surface area contributed by atoms with Crippen LogP contribution in [0.2, 0.25) is 0 Å². The van der Waals surface area contributed by atoms with Gasteiger partial charge in [0.15, 0.2) is 5.78 Å². The Labute approximate surface area is 92.4 Å². The van der Waals surface area contributed by atoms with Crippen molar-refractivity contribution in [2.24, 2.45) is 0 Å². The van der Waals surface area contributed by atoms with Gasteiger partial charge >= 0.3 is 0 Å². The molecule has 0 atom stereocenters. The van der Waals surface area contributed by atoms with Crippen molar-refractivity contribution in [3.05, 3.63) is 27.7 Å². The van der Waals surface area contributed by atoms with E-state index in [4.69, 9.17) is 4.74 Å². The molecule has 0 unspecified atom stereocenters. The van der Waals surface area contributed by atoms with E-state index in [9.17, 15) is 4.79 Å². The smallest absolute Gasteiger partial charge is 0.161 e. The van der Waals surface area contributed by atoms with Crippen LogP contribution in [0.5, 0.6) is 5.75 Å². The average molecular weight is 257 g/mol. The maximum atomic E-state index is 11.3. The maximum absolute atomic E-state index is 11.3. The van der Waals surface area contributed by atoms with Crippen molar-refractivity contribution in [1.82, 2.24) is 0 Å². The van der Waals surface area contributed by atoms with Gasteiger partial charge in [0.1, 0.15) is 5.75 Å². The highest BCUT2D eigenvalue weighted by molar-refractivity contribution is 9.10. The Bertz CT molecular complexity index is 359. The molecule has 1 aromatic carbocycles. The first-order chi connectivity index (χ1) is 6.56. The monoisotopic (exact) mass is 256 g/mol. The lowest BCUT2D eigenvalue weighted by Crippen LogP contribution is -1.99. The summed E-state index contributed by atoms with van der Waals surface area (Å²) in [6.07, 6.45) is 0. The Morgan fingerprint density at radius 2 is 2.14 bits per heavy atom. The molecule has 0 spiro atoms. The normalized spacial score (nSPS) is 10.0. The standard InChI is InChI=1S/C11H13BrO2/c1-4-14-9-5-7(2)11(12)10(6-9)8(3)13/h5-6H,4H2,1-3H3. The highest BCUT2D eigenvalue weighted by Gasteiger charge is 2.09. The van der Waals surface area contributed by atoms with Crippen molar-refractivity contribution < 1.29 is 9.53 Å². The third-order valence-corrected chi connectivity index (χ3v) is 2.97. The van der Waals surface area contributed by atoms with Crippen LogP contribution in [0.1, 0.15) is 29.8 Å². The highest BCUT2D eigenvalue weighted by atomic mass is 79.9. The molecule has 0 aromatic heterocycles. The fourth-order valence-electron chi connectivity index (χ4n) is 1.24. The summed E-state index contributed by atoms with van der Waals surface area (Å²) in [6, 6.07) is 3.68. The fourth-order valence-corrected chi connectivity index (χ4v) is 1.75. The van der Waals surface area contributed by atoms with Crippen molar-refractivity contribution >= 4 is 21.7 Å². The summed E-state index contributed by atoms with van der Waals surface area (Å²) in [6.45, 7) is 6.03. The van der Waals surface area contributed by atoms with Crippen LogP contribution in [0, 0.1) is 6.92 Å². The van der Waals surface area contributed by atoms with Crippen molar-refractivity contribution in [2.45, 2.75) is 20.8 Å². The molecule has 2 nitrogen and oxygen atoms in total. The summed E-state index contributed by atoms with van der Waals surface area (Å²) in [5, 5.41) is 0. The molecule has 76 valence electrons. The van der Waals surface area contributed by atoms with E-state index >= 15 is 0 Å². The van der Waals surface area contributed by atoms with Gasteiger partial charge in [-0.3, -0.25) is 4.79 Å². The van der Waals surface area contributed by atoms with Gasteiger partial charge in [-0.25, -0.2) is 0 Å². The summed E-state index contributed by atoms with van der Waals surface area (Å²) in [7, 11) is 0. The summed E-state index contributed by atoms with van der Waals surface area (Å²) >= 11 is 3.39. The Kier molecular flexibility index (Phi) is 3.69. The van der Waals surface area contributed by atoms with Crippen LogP contribution >= 0.6 is 15.9 Å². The first kappa shape index (κ1) is 11.2. The van der Waals surface area contributed by atoms with E-state index in [0.29, 0.717) is 12.2 Å². The van der Waals surface area contributed by atoms with E-state index in [0.717, 1.165) is 15.8 Å². The molecule has 0 saturated heterocycles. The van der Waals surface area contributed by atoms with Gasteiger partial charge < -0.3 is 4.74 Å². The molecule has 0 fully saturated rings. The molecule has 3 heteroatoms. The molecule has 1 rings (SSSR count). The van der Waals surface area contributed by atoms with E-state index in [1.807, 2.05) is 19.9 Å². The highest BCUT2D eigenvalue weighted by Crippen LogP contribution is 2.27. The summed E-state index contributed by atoms with van der Waals surface area (Å²) in [5.74, 6) is 0.792. The van der Waals surface area contributed by atoms with Crippen LogP contribution in [0.3, 0.4) is 0 Å². The van der Waals surface area contributed by atoms with Gasteiger partial charge in [0.05, 0.1) is 6.61 Å². The van der Waals surface area contributed by atoms with E-state index < -0.39 is 0 Å². The van der Waals surface area contributed by atoms with Gasteiger partial charge in [-0.1, -0.05) is 0 Å². The lowest BCUT2D eigenvalue weighted by Gasteiger charge is -2.09. The molecular formula is C11H13BrO2. The summed E-state index contributed by atoms with van der Waals surface area (Å²) in [5.41, 5.74) is 1.69. The average Bonchev–Trinajstić information content (AvgIpc) is 2.11. The Morgan fingerprint density at radius 1 is 1.50 bits per heavy atom. The SMILES string of the molecule is CCOc1cc(C)c(Br)c(C(C)=O)c1. The summed E-state index contributed by atoms with van der Waals surface area (Å²) < 4.78 is 6.21. The maximum Gasteiger partial charge on any atom is 0.161 e. The van der Waals surface area contributed by atoms with Crippen LogP contribution in [-0.2, 0) is 0 Å². The van der Waals surface area contributed by atoms with E-state index in [1.165, 1.54) is 0 Å². The second kappa shape index (κ2) is 4.60. The molecule has 0 aliphatic rings. The Balaban J connectivity index is 3.21. The van der Waals surface area contributed by atoms with Crippen molar-refractivity contribution in [3.63, 3.8) is 0 Å². The number of carbonyl (C=O) groups excluding carboxylic acids is 1. The van der Waals surface area contributed by atoms with E-state index in [1.54, 1.807) is 13.0 Å². The number of ether oxygens (including phenoxy) is 1. The van der Waals surface area contributed by atoms with Crippen LogP contribution in [0.4, 0.5) is 0 Å². The predicted octanol–water partition coefficient (Wildman–Crippen LogP) is 3.36. The molecule has 14 heavy (non-hydrogen) atoms. The van der Waals surface area contributed by atoms with Gasteiger partial charge in [0, 0.05) is 10.0 Å². The number of halogens is 1. The number of rotatable bonds is 3. The minimum Gasteiger partial charge on any atom is -0.494 e. The quantitative estimate of drug-likeness (QED) is 0.776. The number of hydrogen-bond acceptors (Lipinski definition) is 2. The molecule has 0 aliphatic heterocycles. The Morgan fingerprint density at radius 3 is 2.64 bits per heavy atom. The minimum absolute atomic E-state index is 0.0431. The molecule has 0 amide bonds. The van der Waals surface area contributed by atoms with Crippen LogP contribution in [0.25, 0.3) is 0 Å². The van der Waals surface area contributed by atoms with E-state index in [2.05, 4.69) is 15.9 Å². The number of carbonyl (C=O) groups is 1. The number of aryl methyl sites for hydroxylation is 1. The zero-order chi connectivity index (χ0) is 10.7. The molecule has 0 N–H and O–H groups in total. The van der Waals surface area contributed by atoms with Gasteiger partial charge in [0.25, 0.3) is 0 Å². The zero-order valence-electron chi connectivity index (χ0n) is 8.56. The second-order valence-corrected chi connectivity index (χ2v) is 3.88. The first-order valence-electron chi connectivity index (χ1n) is 4.50. The topological polar surface area (TPSA) is 26.3 Å². The molecule has 0 bridgehead atoms. The van der Waals surface area contributed by atoms with Crippen LogP contribution < -0.4 is 4.74 Å². The van der Waals surface area contributed by atoms with Gasteiger partial charge in [0.2, 0.25) is 0 Å².